The highest BCUT2D eigenvalue weighted by Gasteiger charge is 2.53. The molecule has 9 nitrogen and oxygen atoms in total. The summed E-state index contributed by atoms with van der Waals surface area (Å²) in [5.74, 6) is 0.498. The Labute approximate surface area is 224 Å². The van der Waals surface area contributed by atoms with Gasteiger partial charge in [-0.25, -0.2) is 9.18 Å². The zero-order valence-corrected chi connectivity index (χ0v) is 21.4. The Morgan fingerprint density at radius 3 is 2.31 bits per heavy atom. The first-order valence-electron chi connectivity index (χ1n) is 12.6. The normalized spacial score (nSPS) is 16.2. The number of urea groups is 1. The molecule has 0 atom stereocenters. The SMILES string of the molecule is COc1ccc(CN2C(=O)NC(=O)C23CCOCC3)cc1C(=O)NCc1ccc(Oc2ccc(F)cc2)cc1. The summed E-state index contributed by atoms with van der Waals surface area (Å²) < 4.78 is 29.6. The van der Waals surface area contributed by atoms with Gasteiger partial charge >= 0.3 is 6.03 Å². The van der Waals surface area contributed by atoms with Crippen LogP contribution >= 0.6 is 0 Å². The number of carbonyl (C=O) groups is 3. The molecule has 10 heteroatoms. The molecule has 2 saturated heterocycles. The van der Waals surface area contributed by atoms with Crippen LogP contribution in [0.15, 0.2) is 66.7 Å². The lowest BCUT2D eigenvalue weighted by molar-refractivity contribution is -0.131. The molecule has 2 N–H and O–H groups in total. The van der Waals surface area contributed by atoms with Gasteiger partial charge in [0, 0.05) is 39.1 Å². The van der Waals surface area contributed by atoms with E-state index in [1.54, 1.807) is 42.5 Å². The number of methoxy groups -OCH3 is 1. The van der Waals surface area contributed by atoms with Crippen molar-refractivity contribution in [3.05, 3.63) is 89.2 Å². The molecule has 2 fully saturated rings. The van der Waals surface area contributed by atoms with Crippen molar-refractivity contribution in [2.45, 2.75) is 31.5 Å². The van der Waals surface area contributed by atoms with E-state index in [1.807, 2.05) is 12.1 Å². The number of hydrogen-bond acceptors (Lipinski definition) is 6. The molecule has 2 aliphatic rings. The molecule has 5 rings (SSSR count). The lowest BCUT2D eigenvalue weighted by Gasteiger charge is -2.38. The Morgan fingerprint density at radius 2 is 1.64 bits per heavy atom. The van der Waals surface area contributed by atoms with Gasteiger partial charge in [0.05, 0.1) is 12.7 Å². The van der Waals surface area contributed by atoms with Gasteiger partial charge in [0.15, 0.2) is 0 Å². The second-order valence-electron chi connectivity index (χ2n) is 9.41. The molecule has 0 aromatic heterocycles. The summed E-state index contributed by atoms with van der Waals surface area (Å²) in [6.07, 6.45) is 0.837. The molecule has 2 heterocycles. The largest absolute Gasteiger partial charge is 0.496 e. The number of nitrogens with zero attached hydrogens (tertiary/aromatic N) is 1. The monoisotopic (exact) mass is 533 g/mol. The van der Waals surface area contributed by atoms with E-state index in [2.05, 4.69) is 10.6 Å². The van der Waals surface area contributed by atoms with E-state index in [4.69, 9.17) is 14.2 Å². The Kier molecular flexibility index (Phi) is 7.47. The number of hydrogen-bond donors (Lipinski definition) is 2. The van der Waals surface area contributed by atoms with Gasteiger partial charge in [0.2, 0.25) is 0 Å². The number of carbonyl (C=O) groups excluding carboxylic acids is 3. The van der Waals surface area contributed by atoms with E-state index in [0.29, 0.717) is 54.4 Å². The van der Waals surface area contributed by atoms with Crippen LogP contribution in [0, 0.1) is 5.82 Å². The van der Waals surface area contributed by atoms with E-state index in [-0.39, 0.29) is 30.7 Å². The van der Waals surface area contributed by atoms with Crippen LogP contribution < -0.4 is 20.1 Å². The summed E-state index contributed by atoms with van der Waals surface area (Å²) in [4.78, 5) is 39.9. The number of rotatable bonds is 8. The maximum absolute atomic E-state index is 13.1. The zero-order valence-electron chi connectivity index (χ0n) is 21.4. The number of ether oxygens (including phenoxy) is 3. The minimum absolute atomic E-state index is 0.164. The fourth-order valence-electron chi connectivity index (χ4n) is 4.83. The van der Waals surface area contributed by atoms with Crippen LogP contribution in [0.25, 0.3) is 0 Å². The van der Waals surface area contributed by atoms with Crippen molar-refractivity contribution in [1.29, 1.82) is 0 Å². The molecule has 2 aliphatic heterocycles. The molecule has 3 aromatic rings. The summed E-state index contributed by atoms with van der Waals surface area (Å²) in [5.41, 5.74) is 0.917. The maximum atomic E-state index is 13.1. The quantitative estimate of drug-likeness (QED) is 0.422. The molecule has 3 aromatic carbocycles. The minimum atomic E-state index is -0.940. The number of halogens is 1. The summed E-state index contributed by atoms with van der Waals surface area (Å²) >= 11 is 0. The predicted molar refractivity (Wildman–Crippen MR) is 139 cm³/mol. The van der Waals surface area contributed by atoms with Gasteiger partial charge in [-0.05, 0) is 59.7 Å². The Morgan fingerprint density at radius 1 is 1.00 bits per heavy atom. The number of imide groups is 1. The summed E-state index contributed by atoms with van der Waals surface area (Å²) in [5, 5.41) is 5.32. The third kappa shape index (κ3) is 5.56. The average Bonchev–Trinajstić information content (AvgIpc) is 3.17. The van der Waals surface area contributed by atoms with E-state index >= 15 is 0 Å². The standard InChI is InChI=1S/C29H28FN3O6/c1-37-25-11-4-20(18-33-28(36)32-27(35)29(33)12-14-38-15-13-29)16-24(25)26(34)31-17-19-2-7-22(8-3-19)39-23-9-5-21(30)6-10-23/h2-11,16H,12-15,17-18H2,1H3,(H,31,34)(H,32,35,36). The van der Waals surface area contributed by atoms with Gasteiger partial charge in [-0.3, -0.25) is 14.9 Å². The van der Waals surface area contributed by atoms with E-state index in [0.717, 1.165) is 5.56 Å². The summed E-state index contributed by atoms with van der Waals surface area (Å²) in [6.45, 7) is 1.21. The average molecular weight is 534 g/mol. The first-order valence-corrected chi connectivity index (χ1v) is 12.6. The van der Waals surface area contributed by atoms with E-state index in [1.165, 1.54) is 24.1 Å². The first-order chi connectivity index (χ1) is 18.9. The van der Waals surface area contributed by atoms with Gasteiger partial charge < -0.3 is 24.4 Å². The summed E-state index contributed by atoms with van der Waals surface area (Å²) in [6, 6.07) is 17.6. The molecule has 0 saturated carbocycles. The van der Waals surface area contributed by atoms with Crippen LogP contribution in [-0.2, 0) is 22.6 Å². The highest BCUT2D eigenvalue weighted by Crippen LogP contribution is 2.34. The highest BCUT2D eigenvalue weighted by molar-refractivity contribution is 6.07. The van der Waals surface area contributed by atoms with Gasteiger partial charge in [-0.15, -0.1) is 0 Å². The van der Waals surface area contributed by atoms with Crippen molar-refractivity contribution in [2.24, 2.45) is 0 Å². The maximum Gasteiger partial charge on any atom is 0.325 e. The van der Waals surface area contributed by atoms with Crippen LogP contribution in [0.1, 0.15) is 34.3 Å². The molecule has 202 valence electrons. The third-order valence-corrected chi connectivity index (χ3v) is 7.00. The highest BCUT2D eigenvalue weighted by atomic mass is 19.1. The van der Waals surface area contributed by atoms with Gasteiger partial charge in [-0.1, -0.05) is 18.2 Å². The third-order valence-electron chi connectivity index (χ3n) is 7.00. The van der Waals surface area contributed by atoms with Crippen LogP contribution in [-0.4, -0.2) is 48.6 Å². The lowest BCUT2D eigenvalue weighted by Crippen LogP contribution is -2.52. The Balaban J connectivity index is 1.25. The number of benzene rings is 3. The van der Waals surface area contributed by atoms with Crippen molar-refractivity contribution in [2.75, 3.05) is 20.3 Å². The lowest BCUT2D eigenvalue weighted by atomic mass is 9.88. The van der Waals surface area contributed by atoms with Crippen LogP contribution in [0.2, 0.25) is 0 Å². The molecule has 4 amide bonds. The van der Waals surface area contributed by atoms with Gasteiger partial charge in [-0.2, -0.15) is 0 Å². The zero-order chi connectivity index (χ0) is 27.4. The molecule has 0 unspecified atom stereocenters. The molecule has 39 heavy (non-hydrogen) atoms. The van der Waals surface area contributed by atoms with Crippen molar-refractivity contribution in [1.82, 2.24) is 15.5 Å². The van der Waals surface area contributed by atoms with Gasteiger partial charge in [0.1, 0.15) is 28.6 Å². The van der Waals surface area contributed by atoms with E-state index in [9.17, 15) is 18.8 Å². The smallest absolute Gasteiger partial charge is 0.325 e. The van der Waals surface area contributed by atoms with Crippen LogP contribution in [0.5, 0.6) is 17.2 Å². The number of amides is 4. The molecule has 0 bridgehead atoms. The molecular formula is C29H28FN3O6. The number of nitrogens with one attached hydrogen (secondary N) is 2. The van der Waals surface area contributed by atoms with Crippen LogP contribution in [0.3, 0.4) is 0 Å². The van der Waals surface area contributed by atoms with Crippen LogP contribution in [0.4, 0.5) is 9.18 Å². The molecule has 0 radical (unpaired) electrons. The predicted octanol–water partition coefficient (Wildman–Crippen LogP) is 4.16. The fourth-order valence-corrected chi connectivity index (χ4v) is 4.83. The van der Waals surface area contributed by atoms with Crippen molar-refractivity contribution in [3.8, 4) is 17.2 Å². The fraction of sp³-hybridized carbons (Fsp3) is 0.276. The summed E-state index contributed by atoms with van der Waals surface area (Å²) in [7, 11) is 1.48. The van der Waals surface area contributed by atoms with Crippen molar-refractivity contribution < 1.29 is 33.0 Å². The molecule has 1 spiro atoms. The first kappa shape index (κ1) is 26.2. The Bertz CT molecular complexity index is 1370. The second-order valence-corrected chi connectivity index (χ2v) is 9.41. The topological polar surface area (TPSA) is 106 Å². The Hall–Kier alpha value is -4.44. The molecular weight excluding hydrogens is 505 g/mol. The second kappa shape index (κ2) is 11.1. The van der Waals surface area contributed by atoms with E-state index < -0.39 is 11.6 Å². The van der Waals surface area contributed by atoms with Crippen molar-refractivity contribution in [3.63, 3.8) is 0 Å². The molecule has 0 aliphatic carbocycles. The van der Waals surface area contributed by atoms with Gasteiger partial charge in [0.25, 0.3) is 11.8 Å². The van der Waals surface area contributed by atoms with Crippen molar-refractivity contribution >= 4 is 17.8 Å². The minimum Gasteiger partial charge on any atom is -0.496 e.